The summed E-state index contributed by atoms with van der Waals surface area (Å²) in [6, 6.07) is 25.4. The van der Waals surface area contributed by atoms with E-state index < -0.39 is 30.4 Å². The lowest BCUT2D eigenvalue weighted by atomic mass is 9.78. The standard InChI is InChI=1S/C37H35N3O9S3/c41-50(42,43)34-19-13-31(14-20-34)38-28-7-1-25(2-8-28)37(26-3-9-29(10-4-26)39-32-15-21-35(22-16-32)51(44,45)46)27-5-11-30(12-6-27)40-33-17-23-36(24-18-33)52(47,48)49/h1-5,7-9,11,13-24,29,37-40H,6,10,12H2,(H,41,42,43)(H,44,45,46)(H,47,48,49). The lowest BCUT2D eigenvalue weighted by Gasteiger charge is -2.28. The summed E-state index contributed by atoms with van der Waals surface area (Å²) in [4.78, 5) is -0.555. The molecule has 0 amide bonds. The number of rotatable bonds is 12. The summed E-state index contributed by atoms with van der Waals surface area (Å²) in [5.41, 5.74) is 7.09. The van der Waals surface area contributed by atoms with E-state index in [9.17, 15) is 38.9 Å². The van der Waals surface area contributed by atoms with Crippen molar-refractivity contribution in [1.82, 2.24) is 0 Å². The molecule has 6 N–H and O–H groups in total. The van der Waals surface area contributed by atoms with E-state index in [2.05, 4.69) is 40.3 Å². The van der Waals surface area contributed by atoms with Crippen LogP contribution in [0.4, 0.5) is 22.7 Å². The minimum absolute atomic E-state index is 0.0528. The van der Waals surface area contributed by atoms with Crippen molar-refractivity contribution in [1.29, 1.82) is 0 Å². The van der Waals surface area contributed by atoms with Crippen molar-refractivity contribution in [3.05, 3.63) is 150 Å². The molecule has 6 rings (SSSR count). The Bertz CT molecular complexity index is 2400. The van der Waals surface area contributed by atoms with Gasteiger partial charge in [0.1, 0.15) is 0 Å². The van der Waals surface area contributed by atoms with Crippen LogP contribution in [0.2, 0.25) is 0 Å². The second kappa shape index (κ2) is 14.9. The SMILES string of the molecule is O=S(=O)(O)c1ccc(NC2=CC=C(C(C3=CCC(Nc4ccc(S(=O)(=O)O)cc4)C=C3)c3ccc(Nc4ccc(S(=O)(=O)O)cc4)cc3)CC2)cc1. The molecule has 2 atom stereocenters. The van der Waals surface area contributed by atoms with Gasteiger partial charge in [-0.25, -0.2) is 0 Å². The van der Waals surface area contributed by atoms with Crippen molar-refractivity contribution < 1.29 is 38.9 Å². The van der Waals surface area contributed by atoms with E-state index in [1.54, 1.807) is 36.4 Å². The summed E-state index contributed by atoms with van der Waals surface area (Å²) >= 11 is 0. The molecule has 0 fully saturated rings. The quantitative estimate of drug-likeness (QED) is 0.0787. The van der Waals surface area contributed by atoms with E-state index in [1.165, 1.54) is 42.0 Å². The summed E-state index contributed by atoms with van der Waals surface area (Å²) in [6.07, 6.45) is 12.5. The van der Waals surface area contributed by atoms with Crippen LogP contribution in [-0.2, 0) is 30.4 Å². The molecule has 2 unspecified atom stereocenters. The van der Waals surface area contributed by atoms with Gasteiger partial charge in [-0.15, -0.1) is 0 Å². The first-order chi connectivity index (χ1) is 24.6. The molecule has 0 spiro atoms. The second-order valence-electron chi connectivity index (χ2n) is 12.3. The first-order valence-electron chi connectivity index (χ1n) is 16.0. The molecule has 2 aliphatic carbocycles. The van der Waals surface area contributed by atoms with Gasteiger partial charge in [0, 0.05) is 40.4 Å². The minimum Gasteiger partial charge on any atom is -0.379 e. The largest absolute Gasteiger partial charge is 0.379 e. The normalized spacial score (nSPS) is 17.0. The van der Waals surface area contributed by atoms with Crippen molar-refractivity contribution in [2.24, 2.45) is 0 Å². The average Bonchev–Trinajstić information content (AvgIpc) is 3.10. The molecule has 0 aromatic heterocycles. The highest BCUT2D eigenvalue weighted by molar-refractivity contribution is 7.86. The first kappa shape index (κ1) is 36.8. The van der Waals surface area contributed by atoms with Crippen LogP contribution in [0, 0.1) is 0 Å². The molecule has 4 aromatic carbocycles. The van der Waals surface area contributed by atoms with Crippen molar-refractivity contribution in [2.75, 3.05) is 16.0 Å². The second-order valence-corrected chi connectivity index (χ2v) is 16.6. The van der Waals surface area contributed by atoms with Gasteiger partial charge in [0.05, 0.1) is 14.7 Å². The van der Waals surface area contributed by atoms with Gasteiger partial charge in [-0.1, -0.05) is 42.0 Å². The number of hydrogen-bond donors (Lipinski definition) is 6. The third-order valence-corrected chi connectivity index (χ3v) is 11.3. The molecular weight excluding hydrogens is 727 g/mol. The Kier molecular flexibility index (Phi) is 10.5. The van der Waals surface area contributed by atoms with Gasteiger partial charge in [-0.2, -0.15) is 25.3 Å². The maximum absolute atomic E-state index is 11.4. The van der Waals surface area contributed by atoms with Crippen LogP contribution in [0.3, 0.4) is 0 Å². The number of allylic oxidation sites excluding steroid dienone is 6. The highest BCUT2D eigenvalue weighted by Gasteiger charge is 2.24. The van der Waals surface area contributed by atoms with Crippen molar-refractivity contribution in [3.8, 4) is 0 Å². The van der Waals surface area contributed by atoms with Crippen LogP contribution in [0.1, 0.15) is 30.7 Å². The molecule has 0 saturated carbocycles. The van der Waals surface area contributed by atoms with E-state index in [4.69, 9.17) is 0 Å². The molecule has 0 radical (unpaired) electrons. The van der Waals surface area contributed by atoms with E-state index in [0.29, 0.717) is 29.9 Å². The monoisotopic (exact) mass is 761 g/mol. The van der Waals surface area contributed by atoms with Crippen LogP contribution in [0.5, 0.6) is 0 Å². The van der Waals surface area contributed by atoms with E-state index >= 15 is 0 Å². The molecule has 15 heteroatoms. The Morgan fingerprint density at radius 2 is 1.02 bits per heavy atom. The third kappa shape index (κ3) is 9.25. The van der Waals surface area contributed by atoms with E-state index in [0.717, 1.165) is 28.9 Å². The number of anilines is 4. The smallest absolute Gasteiger partial charge is 0.294 e. The van der Waals surface area contributed by atoms with Crippen LogP contribution >= 0.6 is 0 Å². The van der Waals surface area contributed by atoms with Gasteiger partial charge in [-0.05, 0) is 121 Å². The molecule has 0 aliphatic heterocycles. The Morgan fingerprint density at radius 1 is 0.558 bits per heavy atom. The van der Waals surface area contributed by atoms with Gasteiger partial charge < -0.3 is 16.0 Å². The molecule has 270 valence electrons. The summed E-state index contributed by atoms with van der Waals surface area (Å²) in [5.74, 6) is -0.0822. The molecule has 0 bridgehead atoms. The zero-order valence-corrected chi connectivity index (χ0v) is 29.9. The Hall–Kier alpha value is -5.03. The number of nitrogens with one attached hydrogen (secondary N) is 3. The highest BCUT2D eigenvalue weighted by atomic mass is 32.2. The maximum atomic E-state index is 11.4. The van der Waals surface area contributed by atoms with Gasteiger partial charge in [0.2, 0.25) is 0 Å². The lowest BCUT2D eigenvalue weighted by molar-refractivity contribution is 0.481. The molecule has 12 nitrogen and oxygen atoms in total. The number of hydrogen-bond acceptors (Lipinski definition) is 9. The van der Waals surface area contributed by atoms with E-state index in [-0.39, 0.29) is 26.6 Å². The van der Waals surface area contributed by atoms with Gasteiger partial charge in [-0.3, -0.25) is 13.7 Å². The summed E-state index contributed by atoms with van der Waals surface area (Å²) in [5, 5.41) is 9.95. The molecule has 4 aromatic rings. The Morgan fingerprint density at radius 3 is 1.44 bits per heavy atom. The van der Waals surface area contributed by atoms with Crippen LogP contribution in [-0.4, -0.2) is 45.0 Å². The lowest BCUT2D eigenvalue weighted by Crippen LogP contribution is -2.19. The molecule has 2 aliphatic rings. The fourth-order valence-electron chi connectivity index (χ4n) is 6.05. The van der Waals surface area contributed by atoms with Crippen LogP contribution < -0.4 is 16.0 Å². The Balaban J connectivity index is 1.22. The average molecular weight is 762 g/mol. The van der Waals surface area contributed by atoms with Crippen molar-refractivity contribution >= 4 is 53.1 Å². The molecule has 0 heterocycles. The summed E-state index contributed by atoms with van der Waals surface area (Å²) < 4.78 is 96.3. The predicted molar refractivity (Wildman–Crippen MR) is 200 cm³/mol. The highest BCUT2D eigenvalue weighted by Crippen LogP contribution is 2.40. The Labute approximate surface area is 302 Å². The van der Waals surface area contributed by atoms with Crippen molar-refractivity contribution in [2.45, 2.75) is 45.9 Å². The third-order valence-electron chi connectivity index (χ3n) is 8.66. The van der Waals surface area contributed by atoms with Gasteiger partial charge >= 0.3 is 0 Å². The van der Waals surface area contributed by atoms with Crippen LogP contribution in [0.25, 0.3) is 0 Å². The zero-order chi connectivity index (χ0) is 37.1. The fourth-order valence-corrected chi connectivity index (χ4v) is 7.49. The topological polar surface area (TPSA) is 199 Å². The fraction of sp³-hybridized carbons (Fsp3) is 0.135. The van der Waals surface area contributed by atoms with Crippen molar-refractivity contribution in [3.63, 3.8) is 0 Å². The maximum Gasteiger partial charge on any atom is 0.294 e. The molecule has 0 saturated heterocycles. The first-order valence-corrected chi connectivity index (χ1v) is 20.3. The molecular formula is C37H35N3O9S3. The van der Waals surface area contributed by atoms with E-state index in [1.807, 2.05) is 30.3 Å². The van der Waals surface area contributed by atoms with Crippen LogP contribution in [0.15, 0.2) is 159 Å². The van der Waals surface area contributed by atoms with Gasteiger partial charge in [0.15, 0.2) is 0 Å². The summed E-state index contributed by atoms with van der Waals surface area (Å²) in [7, 11) is -12.9. The molecule has 52 heavy (non-hydrogen) atoms. The number of benzene rings is 4. The minimum atomic E-state index is -4.29. The zero-order valence-electron chi connectivity index (χ0n) is 27.4. The predicted octanol–water partition coefficient (Wildman–Crippen LogP) is 7.34. The van der Waals surface area contributed by atoms with Gasteiger partial charge in [0.25, 0.3) is 30.4 Å². The summed E-state index contributed by atoms with van der Waals surface area (Å²) in [6.45, 7) is 0.